The van der Waals surface area contributed by atoms with Crippen LogP contribution in [0.5, 0.6) is 0 Å². The molecule has 17 heavy (non-hydrogen) atoms. The molecular weight excluding hydrogens is 244 g/mol. The molecule has 0 unspecified atom stereocenters. The molecule has 0 radical (unpaired) electrons. The van der Waals surface area contributed by atoms with E-state index >= 15 is 0 Å². The fraction of sp³-hybridized carbons (Fsp3) is 0.444. The SMILES string of the molecule is O=C(Nc1ncccn1)N[C@@H]1CCS(=O)(=O)C1. The second kappa shape index (κ2) is 4.66. The van der Waals surface area contributed by atoms with Crippen LogP contribution >= 0.6 is 0 Å². The molecule has 1 aromatic heterocycles. The summed E-state index contributed by atoms with van der Waals surface area (Å²) in [5.41, 5.74) is 0. The molecule has 1 saturated heterocycles. The van der Waals surface area contributed by atoms with Gasteiger partial charge < -0.3 is 5.32 Å². The fourth-order valence-electron chi connectivity index (χ4n) is 1.60. The van der Waals surface area contributed by atoms with E-state index in [9.17, 15) is 13.2 Å². The van der Waals surface area contributed by atoms with Crippen molar-refractivity contribution in [1.29, 1.82) is 0 Å². The largest absolute Gasteiger partial charge is 0.334 e. The Labute approximate surface area is 98.6 Å². The van der Waals surface area contributed by atoms with E-state index in [4.69, 9.17) is 0 Å². The first-order valence-corrected chi connectivity index (χ1v) is 6.92. The van der Waals surface area contributed by atoms with Gasteiger partial charge in [-0.1, -0.05) is 0 Å². The van der Waals surface area contributed by atoms with Crippen molar-refractivity contribution < 1.29 is 13.2 Å². The van der Waals surface area contributed by atoms with Crippen LogP contribution in [0.15, 0.2) is 18.5 Å². The minimum Gasteiger partial charge on any atom is -0.334 e. The second-order valence-electron chi connectivity index (χ2n) is 3.77. The van der Waals surface area contributed by atoms with Crippen LogP contribution < -0.4 is 10.6 Å². The molecule has 2 N–H and O–H groups in total. The fourth-order valence-corrected chi connectivity index (χ4v) is 3.27. The summed E-state index contributed by atoms with van der Waals surface area (Å²) >= 11 is 0. The number of nitrogens with zero attached hydrogens (tertiary/aromatic N) is 2. The monoisotopic (exact) mass is 256 g/mol. The highest BCUT2D eigenvalue weighted by Gasteiger charge is 2.28. The summed E-state index contributed by atoms with van der Waals surface area (Å²) in [6.45, 7) is 0. The van der Waals surface area contributed by atoms with Gasteiger partial charge in [0.05, 0.1) is 11.5 Å². The van der Waals surface area contributed by atoms with Gasteiger partial charge in [-0.15, -0.1) is 0 Å². The first kappa shape index (κ1) is 11.8. The van der Waals surface area contributed by atoms with E-state index in [-0.39, 0.29) is 23.5 Å². The van der Waals surface area contributed by atoms with Crippen LogP contribution in [0.1, 0.15) is 6.42 Å². The number of hydrogen-bond donors (Lipinski definition) is 2. The number of carbonyl (C=O) groups excluding carboxylic acids is 1. The van der Waals surface area contributed by atoms with Gasteiger partial charge in [0.25, 0.3) is 0 Å². The number of anilines is 1. The Morgan fingerprint density at radius 2 is 2.06 bits per heavy atom. The molecule has 0 saturated carbocycles. The molecule has 2 amide bonds. The van der Waals surface area contributed by atoms with Crippen LogP contribution in [-0.4, -0.2) is 42.0 Å². The summed E-state index contributed by atoms with van der Waals surface area (Å²) in [6, 6.07) is 0.814. The Hall–Kier alpha value is -1.70. The minimum absolute atomic E-state index is 0.00390. The molecule has 2 heterocycles. The van der Waals surface area contributed by atoms with E-state index in [1.165, 1.54) is 12.4 Å². The molecule has 1 atom stereocenters. The Bertz CT molecular complexity index is 502. The van der Waals surface area contributed by atoms with Gasteiger partial charge >= 0.3 is 6.03 Å². The number of nitrogens with one attached hydrogen (secondary N) is 2. The zero-order chi connectivity index (χ0) is 12.3. The van der Waals surface area contributed by atoms with Crippen LogP contribution in [0.3, 0.4) is 0 Å². The Morgan fingerprint density at radius 3 is 2.65 bits per heavy atom. The topological polar surface area (TPSA) is 101 Å². The molecule has 8 heteroatoms. The molecule has 1 aliphatic heterocycles. The maximum atomic E-state index is 11.5. The van der Waals surface area contributed by atoms with Crippen molar-refractivity contribution in [2.45, 2.75) is 12.5 Å². The molecule has 0 aromatic carbocycles. The number of amides is 2. The van der Waals surface area contributed by atoms with E-state index in [0.29, 0.717) is 6.42 Å². The average Bonchev–Trinajstić information content (AvgIpc) is 2.59. The number of aromatic nitrogens is 2. The molecule has 92 valence electrons. The van der Waals surface area contributed by atoms with Gasteiger partial charge in [-0.05, 0) is 12.5 Å². The smallest absolute Gasteiger partial charge is 0.321 e. The molecule has 2 rings (SSSR count). The highest BCUT2D eigenvalue weighted by Crippen LogP contribution is 2.11. The van der Waals surface area contributed by atoms with Gasteiger partial charge in [0.15, 0.2) is 9.84 Å². The lowest BCUT2D eigenvalue weighted by Gasteiger charge is -2.10. The normalized spacial score (nSPS) is 22.0. The van der Waals surface area contributed by atoms with Crippen molar-refractivity contribution in [3.63, 3.8) is 0 Å². The summed E-state index contributed by atoms with van der Waals surface area (Å²) in [4.78, 5) is 19.1. The summed E-state index contributed by atoms with van der Waals surface area (Å²) in [7, 11) is -2.99. The lowest BCUT2D eigenvalue weighted by Crippen LogP contribution is -2.38. The summed E-state index contributed by atoms with van der Waals surface area (Å²) in [5, 5.41) is 5.00. The van der Waals surface area contributed by atoms with Crippen LogP contribution in [-0.2, 0) is 9.84 Å². The second-order valence-corrected chi connectivity index (χ2v) is 6.00. The van der Waals surface area contributed by atoms with Gasteiger partial charge in [-0.25, -0.2) is 23.2 Å². The Morgan fingerprint density at radius 1 is 1.35 bits per heavy atom. The minimum atomic E-state index is -2.99. The number of hydrogen-bond acceptors (Lipinski definition) is 5. The Balaban J connectivity index is 1.87. The zero-order valence-electron chi connectivity index (χ0n) is 8.96. The van der Waals surface area contributed by atoms with E-state index in [1.54, 1.807) is 6.07 Å². The third-order valence-corrected chi connectivity index (χ3v) is 4.13. The standard InChI is InChI=1S/C9H12N4O3S/c14-9(13-8-10-3-1-4-11-8)12-7-2-5-17(15,16)6-7/h1,3-4,7H,2,5-6H2,(H2,10,11,12,13,14)/t7-/m1/s1. The summed E-state index contributed by atoms with van der Waals surface area (Å²) in [5.74, 6) is 0.307. The highest BCUT2D eigenvalue weighted by atomic mass is 32.2. The maximum Gasteiger partial charge on any atom is 0.321 e. The number of carbonyl (C=O) groups is 1. The van der Waals surface area contributed by atoms with Crippen molar-refractivity contribution >= 4 is 21.8 Å². The van der Waals surface area contributed by atoms with Crippen molar-refractivity contribution in [1.82, 2.24) is 15.3 Å². The predicted molar refractivity (Wildman–Crippen MR) is 61.2 cm³/mol. The molecule has 7 nitrogen and oxygen atoms in total. The van der Waals surface area contributed by atoms with Crippen molar-refractivity contribution in [2.75, 3.05) is 16.8 Å². The third kappa shape index (κ3) is 3.38. The quantitative estimate of drug-likeness (QED) is 0.762. The predicted octanol–water partition coefficient (Wildman–Crippen LogP) is -0.215. The summed E-state index contributed by atoms with van der Waals surface area (Å²) in [6.07, 6.45) is 3.46. The van der Waals surface area contributed by atoms with Crippen LogP contribution in [0, 0.1) is 0 Å². The molecule has 0 bridgehead atoms. The molecular formula is C9H12N4O3S. The van der Waals surface area contributed by atoms with Gasteiger partial charge in [0.2, 0.25) is 5.95 Å². The van der Waals surface area contributed by atoms with Crippen LogP contribution in [0.25, 0.3) is 0 Å². The molecule has 1 aromatic rings. The van der Waals surface area contributed by atoms with E-state index in [2.05, 4.69) is 20.6 Å². The van der Waals surface area contributed by atoms with Crippen molar-refractivity contribution in [2.24, 2.45) is 0 Å². The number of urea groups is 1. The van der Waals surface area contributed by atoms with Crippen molar-refractivity contribution in [3.8, 4) is 0 Å². The van der Waals surface area contributed by atoms with Gasteiger partial charge in [0, 0.05) is 18.4 Å². The van der Waals surface area contributed by atoms with Gasteiger partial charge in [0.1, 0.15) is 0 Å². The molecule has 0 aliphatic carbocycles. The van der Waals surface area contributed by atoms with Crippen molar-refractivity contribution in [3.05, 3.63) is 18.5 Å². The lowest BCUT2D eigenvalue weighted by atomic mass is 10.3. The number of rotatable bonds is 2. The van der Waals surface area contributed by atoms with E-state index in [1.807, 2.05) is 0 Å². The third-order valence-electron chi connectivity index (χ3n) is 2.36. The average molecular weight is 256 g/mol. The maximum absolute atomic E-state index is 11.5. The first-order valence-electron chi connectivity index (χ1n) is 5.10. The van der Waals surface area contributed by atoms with Crippen LogP contribution in [0.2, 0.25) is 0 Å². The Kier molecular flexibility index (Phi) is 3.23. The molecule has 0 spiro atoms. The van der Waals surface area contributed by atoms with Gasteiger partial charge in [-0.3, -0.25) is 5.32 Å². The van der Waals surface area contributed by atoms with Gasteiger partial charge in [-0.2, -0.15) is 0 Å². The van der Waals surface area contributed by atoms with Crippen LogP contribution in [0.4, 0.5) is 10.7 Å². The number of sulfone groups is 1. The highest BCUT2D eigenvalue weighted by molar-refractivity contribution is 7.91. The van der Waals surface area contributed by atoms with E-state index in [0.717, 1.165) is 0 Å². The van der Waals surface area contributed by atoms with E-state index < -0.39 is 15.9 Å². The lowest BCUT2D eigenvalue weighted by molar-refractivity contribution is 0.249. The molecule has 1 fully saturated rings. The first-order chi connectivity index (χ1) is 8.05. The summed E-state index contributed by atoms with van der Waals surface area (Å²) < 4.78 is 22.4. The zero-order valence-corrected chi connectivity index (χ0v) is 9.77. The molecule has 1 aliphatic rings.